The zero-order valence-corrected chi connectivity index (χ0v) is 15.6. The fourth-order valence-electron chi connectivity index (χ4n) is 2.64. The minimum Gasteiger partial charge on any atom is -0.481 e. The van der Waals surface area contributed by atoms with Gasteiger partial charge in [-0.3, -0.25) is 4.79 Å². The van der Waals surface area contributed by atoms with Crippen molar-refractivity contribution in [3.05, 3.63) is 53.5 Å². The van der Waals surface area contributed by atoms with Crippen LogP contribution in [0, 0.1) is 16.7 Å². The molecule has 0 saturated carbocycles. The maximum Gasteiger partial charge on any atom is 0.310 e. The summed E-state index contributed by atoms with van der Waals surface area (Å²) in [4.78, 5) is 21.5. The van der Waals surface area contributed by atoms with E-state index in [1.807, 2.05) is 30.3 Å². The predicted octanol–water partition coefficient (Wildman–Crippen LogP) is 3.59. The summed E-state index contributed by atoms with van der Waals surface area (Å²) in [5.74, 6) is -0.520. The molecule has 0 spiro atoms. The number of rotatable bonds is 6. The lowest BCUT2D eigenvalue weighted by molar-refractivity contribution is -0.138. The van der Waals surface area contributed by atoms with Gasteiger partial charge in [0, 0.05) is 19.3 Å². The molecule has 0 bridgehead atoms. The van der Waals surface area contributed by atoms with Gasteiger partial charge in [0.1, 0.15) is 11.9 Å². The largest absolute Gasteiger partial charge is 0.481 e. The van der Waals surface area contributed by atoms with Crippen LogP contribution in [-0.4, -0.2) is 27.6 Å². The maximum absolute atomic E-state index is 11.1. The fraction of sp³-hybridized carbons (Fsp3) is 0.400. The molecule has 0 saturated heterocycles. The van der Waals surface area contributed by atoms with Crippen molar-refractivity contribution in [3.8, 4) is 6.07 Å². The summed E-state index contributed by atoms with van der Waals surface area (Å²) in [6, 6.07) is 11.4. The van der Waals surface area contributed by atoms with Crippen LogP contribution in [0.1, 0.15) is 50.6 Å². The van der Waals surface area contributed by atoms with Gasteiger partial charge in [-0.2, -0.15) is 5.26 Å². The van der Waals surface area contributed by atoms with Crippen LogP contribution in [0.25, 0.3) is 0 Å². The van der Waals surface area contributed by atoms with Crippen LogP contribution in [0.4, 0.5) is 5.82 Å². The molecule has 0 amide bonds. The third-order valence-corrected chi connectivity index (χ3v) is 3.95. The molecule has 6 heteroatoms. The monoisotopic (exact) mass is 352 g/mol. The summed E-state index contributed by atoms with van der Waals surface area (Å²) in [6.45, 7) is 9.47. The first kappa shape index (κ1) is 19.4. The molecule has 1 aromatic heterocycles. The van der Waals surface area contributed by atoms with Gasteiger partial charge in [0.2, 0.25) is 5.82 Å². The number of carboxylic acid groups (broad SMARTS) is 1. The molecule has 0 aliphatic rings. The van der Waals surface area contributed by atoms with Crippen molar-refractivity contribution in [2.24, 2.45) is 5.41 Å². The zero-order chi connectivity index (χ0) is 19.3. The molecule has 1 N–H and O–H groups in total. The molecule has 1 heterocycles. The summed E-state index contributed by atoms with van der Waals surface area (Å²) >= 11 is 0. The Balaban J connectivity index is 2.26. The number of carbonyl (C=O) groups is 1. The first-order chi connectivity index (χ1) is 12.2. The van der Waals surface area contributed by atoms with E-state index in [4.69, 9.17) is 10.4 Å². The molecule has 136 valence electrons. The van der Waals surface area contributed by atoms with Crippen molar-refractivity contribution in [3.63, 3.8) is 0 Å². The van der Waals surface area contributed by atoms with E-state index in [0.29, 0.717) is 12.4 Å². The minimum absolute atomic E-state index is 0.0372. The van der Waals surface area contributed by atoms with Crippen LogP contribution in [0.5, 0.6) is 0 Å². The van der Waals surface area contributed by atoms with Gasteiger partial charge in [-0.25, -0.2) is 9.97 Å². The molecule has 2 aromatic rings. The second-order valence-electron chi connectivity index (χ2n) is 7.57. The van der Waals surface area contributed by atoms with Gasteiger partial charge in [0.15, 0.2) is 0 Å². The highest BCUT2D eigenvalue weighted by Gasteiger charge is 2.19. The highest BCUT2D eigenvalue weighted by Crippen LogP contribution is 2.23. The molecular formula is C20H24N4O2. The molecule has 26 heavy (non-hydrogen) atoms. The topological polar surface area (TPSA) is 90.1 Å². The Labute approximate surface area is 154 Å². The number of anilines is 1. The van der Waals surface area contributed by atoms with Crippen LogP contribution in [-0.2, 0) is 11.3 Å². The molecular weight excluding hydrogens is 328 g/mol. The lowest BCUT2D eigenvalue weighted by atomic mass is 9.95. The maximum atomic E-state index is 11.1. The number of aromatic nitrogens is 2. The third-order valence-electron chi connectivity index (χ3n) is 3.95. The van der Waals surface area contributed by atoms with Gasteiger partial charge >= 0.3 is 5.97 Å². The quantitative estimate of drug-likeness (QED) is 0.854. The van der Waals surface area contributed by atoms with Gasteiger partial charge in [-0.05, 0) is 29.5 Å². The van der Waals surface area contributed by atoms with E-state index in [0.717, 1.165) is 17.7 Å². The first-order valence-corrected chi connectivity index (χ1v) is 8.49. The predicted molar refractivity (Wildman–Crippen MR) is 99.7 cm³/mol. The number of carboxylic acids is 1. The highest BCUT2D eigenvalue weighted by molar-refractivity contribution is 5.75. The van der Waals surface area contributed by atoms with Gasteiger partial charge in [-0.1, -0.05) is 45.0 Å². The lowest BCUT2D eigenvalue weighted by Crippen LogP contribution is -2.33. The van der Waals surface area contributed by atoms with Crippen molar-refractivity contribution >= 4 is 11.8 Å². The molecule has 2 rings (SSSR count). The minimum atomic E-state index is -0.836. The average Bonchev–Trinajstić information content (AvgIpc) is 2.60. The number of hydrogen-bond donors (Lipinski definition) is 1. The Kier molecular flexibility index (Phi) is 5.93. The number of benzene rings is 1. The van der Waals surface area contributed by atoms with Crippen molar-refractivity contribution < 1.29 is 9.90 Å². The van der Waals surface area contributed by atoms with Crippen LogP contribution < -0.4 is 4.90 Å². The van der Waals surface area contributed by atoms with Gasteiger partial charge in [-0.15, -0.1) is 0 Å². The lowest BCUT2D eigenvalue weighted by Gasteiger charge is -2.31. The summed E-state index contributed by atoms with van der Waals surface area (Å²) in [5.41, 5.74) is 1.86. The Morgan fingerprint density at radius 2 is 1.92 bits per heavy atom. The number of hydrogen-bond acceptors (Lipinski definition) is 5. The van der Waals surface area contributed by atoms with Crippen molar-refractivity contribution in [2.75, 3.05) is 11.4 Å². The van der Waals surface area contributed by atoms with E-state index in [9.17, 15) is 4.79 Å². The van der Waals surface area contributed by atoms with E-state index < -0.39 is 11.9 Å². The van der Waals surface area contributed by atoms with E-state index in [2.05, 4.69) is 35.6 Å². The first-order valence-electron chi connectivity index (χ1n) is 8.49. The molecule has 1 unspecified atom stereocenters. The summed E-state index contributed by atoms with van der Waals surface area (Å²) in [6.07, 6.45) is 1.59. The molecule has 0 aliphatic heterocycles. The second-order valence-corrected chi connectivity index (χ2v) is 7.57. The summed E-state index contributed by atoms with van der Waals surface area (Å²) in [5, 5.41) is 18.2. The number of nitrogens with zero attached hydrogens (tertiary/aromatic N) is 4. The molecule has 6 nitrogen and oxygen atoms in total. The van der Waals surface area contributed by atoms with Crippen LogP contribution in [0.15, 0.2) is 36.5 Å². The Hall–Kier alpha value is -2.94. The smallest absolute Gasteiger partial charge is 0.310 e. The van der Waals surface area contributed by atoms with Crippen molar-refractivity contribution in [2.45, 2.75) is 40.2 Å². The van der Waals surface area contributed by atoms with Crippen LogP contribution in [0.3, 0.4) is 0 Å². The molecule has 1 aromatic carbocycles. The Morgan fingerprint density at radius 3 is 2.46 bits per heavy atom. The van der Waals surface area contributed by atoms with Crippen LogP contribution in [0.2, 0.25) is 0 Å². The zero-order valence-electron chi connectivity index (χ0n) is 15.6. The van der Waals surface area contributed by atoms with Gasteiger partial charge in [0.05, 0.1) is 5.92 Å². The van der Waals surface area contributed by atoms with Gasteiger partial charge < -0.3 is 10.0 Å². The number of nitriles is 1. The summed E-state index contributed by atoms with van der Waals surface area (Å²) in [7, 11) is 0. The molecule has 0 fully saturated rings. The Bertz CT molecular complexity index is 804. The van der Waals surface area contributed by atoms with E-state index in [1.54, 1.807) is 19.2 Å². The Morgan fingerprint density at radius 1 is 1.27 bits per heavy atom. The fourth-order valence-corrected chi connectivity index (χ4v) is 2.64. The van der Waals surface area contributed by atoms with E-state index >= 15 is 0 Å². The molecule has 1 atom stereocenters. The van der Waals surface area contributed by atoms with E-state index in [1.165, 1.54) is 0 Å². The third kappa shape index (κ3) is 5.28. The van der Waals surface area contributed by atoms with Gasteiger partial charge in [0.25, 0.3) is 0 Å². The van der Waals surface area contributed by atoms with Crippen molar-refractivity contribution in [1.82, 2.24) is 9.97 Å². The normalized spacial score (nSPS) is 12.3. The molecule has 0 aliphatic carbocycles. The number of aliphatic carboxylic acids is 1. The van der Waals surface area contributed by atoms with E-state index in [-0.39, 0.29) is 11.2 Å². The SMILES string of the molecule is CC(C(=O)O)c1ccc(CN(CC(C)(C)C)c2ccnc(C#N)n2)cc1. The average molecular weight is 352 g/mol. The van der Waals surface area contributed by atoms with Crippen molar-refractivity contribution in [1.29, 1.82) is 5.26 Å². The van der Waals surface area contributed by atoms with Crippen LogP contribution >= 0.6 is 0 Å². The standard InChI is InChI=1S/C20H24N4O2/c1-14(19(25)26)16-7-5-15(6-8-16)12-24(13-20(2,3)4)18-9-10-22-17(11-21)23-18/h5-10,14H,12-13H2,1-4H3,(H,25,26). The summed E-state index contributed by atoms with van der Waals surface area (Å²) < 4.78 is 0. The molecule has 0 radical (unpaired) electrons. The second kappa shape index (κ2) is 7.96. The highest BCUT2D eigenvalue weighted by atomic mass is 16.4.